The number of hydrogen-bond donors (Lipinski definition) is 2. The van der Waals surface area contributed by atoms with Gasteiger partial charge in [-0.15, -0.1) is 0 Å². The molecule has 1 aliphatic heterocycles. The van der Waals surface area contributed by atoms with E-state index in [1.165, 1.54) is 17.3 Å². The molecule has 0 aromatic carbocycles. The lowest BCUT2D eigenvalue weighted by Crippen LogP contribution is -2.57. The molecule has 2 rings (SSSR count). The molecule has 1 aromatic heterocycles. The van der Waals surface area contributed by atoms with Gasteiger partial charge in [0.2, 0.25) is 5.91 Å². The molecule has 0 unspecified atom stereocenters. The molecule has 2 heterocycles. The monoisotopic (exact) mass is 181 g/mol. The van der Waals surface area contributed by atoms with Crippen LogP contribution in [0.3, 0.4) is 0 Å². The molecule has 13 heavy (non-hydrogen) atoms. The van der Waals surface area contributed by atoms with E-state index in [2.05, 4.69) is 20.7 Å². The Hall–Kier alpha value is -1.43. The summed E-state index contributed by atoms with van der Waals surface area (Å²) in [7, 11) is 0. The third-order valence-electron chi connectivity index (χ3n) is 1.92. The zero-order chi connectivity index (χ0) is 9.10. The van der Waals surface area contributed by atoms with Gasteiger partial charge in [-0.25, -0.2) is 9.67 Å². The lowest BCUT2D eigenvalue weighted by molar-refractivity contribution is -0.122. The molecule has 0 spiro atoms. The third-order valence-corrected chi connectivity index (χ3v) is 1.92. The molecule has 0 bridgehead atoms. The lowest BCUT2D eigenvalue weighted by Gasteiger charge is -2.27. The summed E-state index contributed by atoms with van der Waals surface area (Å²) in [5, 5.41) is 9.78. The average Bonchev–Trinajstić information content (AvgIpc) is 2.49. The van der Waals surface area contributed by atoms with E-state index in [0.717, 1.165) is 13.1 Å². The number of carbonyl (C=O) groups is 1. The highest BCUT2D eigenvalue weighted by Gasteiger charge is 2.18. The van der Waals surface area contributed by atoms with Crippen molar-refractivity contribution in [2.45, 2.75) is 12.6 Å². The number of carbonyl (C=O) groups excluding carboxylic acids is 1. The van der Waals surface area contributed by atoms with Gasteiger partial charge in [0.05, 0.1) is 6.04 Å². The van der Waals surface area contributed by atoms with Crippen LogP contribution in [0.5, 0.6) is 0 Å². The minimum absolute atomic E-state index is 0.0167. The molecule has 0 radical (unpaired) electrons. The summed E-state index contributed by atoms with van der Waals surface area (Å²) in [5.74, 6) is -0.0167. The van der Waals surface area contributed by atoms with Crippen molar-refractivity contribution in [3.8, 4) is 0 Å². The first-order valence-electron chi connectivity index (χ1n) is 4.17. The van der Waals surface area contributed by atoms with Crippen molar-refractivity contribution in [3.63, 3.8) is 0 Å². The van der Waals surface area contributed by atoms with Crippen molar-refractivity contribution in [2.24, 2.45) is 0 Å². The van der Waals surface area contributed by atoms with E-state index in [-0.39, 0.29) is 18.5 Å². The van der Waals surface area contributed by atoms with E-state index < -0.39 is 0 Å². The van der Waals surface area contributed by atoms with Gasteiger partial charge < -0.3 is 10.6 Å². The van der Waals surface area contributed by atoms with E-state index in [9.17, 15) is 4.79 Å². The smallest absolute Gasteiger partial charge is 0.242 e. The SMILES string of the molecule is O=C(Cn1cncn1)NC1CNC1. The highest BCUT2D eigenvalue weighted by atomic mass is 16.2. The maximum absolute atomic E-state index is 11.3. The van der Waals surface area contributed by atoms with Gasteiger partial charge >= 0.3 is 0 Å². The lowest BCUT2D eigenvalue weighted by atomic mass is 10.2. The quantitative estimate of drug-likeness (QED) is 0.587. The molecule has 6 heteroatoms. The first-order chi connectivity index (χ1) is 6.34. The van der Waals surface area contributed by atoms with E-state index in [1.807, 2.05) is 0 Å². The van der Waals surface area contributed by atoms with Crippen LogP contribution in [-0.4, -0.2) is 39.8 Å². The van der Waals surface area contributed by atoms with Crippen molar-refractivity contribution in [2.75, 3.05) is 13.1 Å². The largest absolute Gasteiger partial charge is 0.349 e. The summed E-state index contributed by atoms with van der Waals surface area (Å²) in [5.41, 5.74) is 0. The second-order valence-electron chi connectivity index (χ2n) is 3.02. The minimum atomic E-state index is -0.0167. The zero-order valence-corrected chi connectivity index (χ0v) is 7.10. The van der Waals surface area contributed by atoms with Crippen molar-refractivity contribution >= 4 is 5.91 Å². The van der Waals surface area contributed by atoms with Crippen LogP contribution in [0.25, 0.3) is 0 Å². The number of hydrogen-bond acceptors (Lipinski definition) is 4. The van der Waals surface area contributed by atoms with Crippen molar-refractivity contribution in [3.05, 3.63) is 12.7 Å². The molecule has 6 nitrogen and oxygen atoms in total. The maximum Gasteiger partial charge on any atom is 0.242 e. The van der Waals surface area contributed by atoms with Crippen LogP contribution in [0.2, 0.25) is 0 Å². The van der Waals surface area contributed by atoms with Crippen LogP contribution in [0.4, 0.5) is 0 Å². The van der Waals surface area contributed by atoms with Crippen LogP contribution in [0.15, 0.2) is 12.7 Å². The number of nitrogens with one attached hydrogen (secondary N) is 2. The number of rotatable bonds is 3. The fourth-order valence-electron chi connectivity index (χ4n) is 1.13. The third kappa shape index (κ3) is 2.03. The topological polar surface area (TPSA) is 71.8 Å². The van der Waals surface area contributed by atoms with Crippen LogP contribution in [0.1, 0.15) is 0 Å². The molecule has 1 saturated heterocycles. The molecule has 70 valence electrons. The molecule has 1 amide bonds. The van der Waals surface area contributed by atoms with Gasteiger partial charge in [0.25, 0.3) is 0 Å². The van der Waals surface area contributed by atoms with Crippen LogP contribution >= 0.6 is 0 Å². The molecule has 0 saturated carbocycles. The summed E-state index contributed by atoms with van der Waals surface area (Å²) >= 11 is 0. The highest BCUT2D eigenvalue weighted by molar-refractivity contribution is 5.76. The predicted molar refractivity (Wildman–Crippen MR) is 44.8 cm³/mol. The minimum Gasteiger partial charge on any atom is -0.349 e. The molecular formula is C7H11N5O. The number of aromatic nitrogens is 3. The van der Waals surface area contributed by atoms with E-state index in [1.54, 1.807) is 0 Å². The van der Waals surface area contributed by atoms with Crippen molar-refractivity contribution in [1.82, 2.24) is 25.4 Å². The average molecular weight is 181 g/mol. The van der Waals surface area contributed by atoms with Gasteiger partial charge in [-0.3, -0.25) is 4.79 Å². The second-order valence-corrected chi connectivity index (χ2v) is 3.02. The Morgan fingerprint density at radius 1 is 1.69 bits per heavy atom. The van der Waals surface area contributed by atoms with E-state index in [4.69, 9.17) is 0 Å². The standard InChI is InChI=1S/C7H11N5O/c13-7(11-6-1-8-2-6)3-12-5-9-4-10-12/h4-6,8H,1-3H2,(H,11,13). The second kappa shape index (κ2) is 3.53. The van der Waals surface area contributed by atoms with Crippen molar-refractivity contribution < 1.29 is 4.79 Å². The normalized spacial score (nSPS) is 16.6. The molecule has 0 atom stereocenters. The van der Waals surface area contributed by atoms with Crippen LogP contribution < -0.4 is 10.6 Å². The number of nitrogens with zero attached hydrogens (tertiary/aromatic N) is 3. The van der Waals surface area contributed by atoms with Crippen molar-refractivity contribution in [1.29, 1.82) is 0 Å². The van der Waals surface area contributed by atoms with Crippen LogP contribution in [0, 0.1) is 0 Å². The maximum atomic E-state index is 11.3. The first kappa shape index (κ1) is 8.18. The molecule has 2 N–H and O–H groups in total. The summed E-state index contributed by atoms with van der Waals surface area (Å²) < 4.78 is 1.50. The Balaban J connectivity index is 1.78. The molecule has 1 fully saturated rings. The summed E-state index contributed by atoms with van der Waals surface area (Å²) in [4.78, 5) is 15.0. The summed E-state index contributed by atoms with van der Waals surface area (Å²) in [6.45, 7) is 1.97. The fourth-order valence-corrected chi connectivity index (χ4v) is 1.13. The Kier molecular flexibility index (Phi) is 2.22. The van der Waals surface area contributed by atoms with E-state index in [0.29, 0.717) is 0 Å². The molecule has 1 aliphatic rings. The summed E-state index contributed by atoms with van der Waals surface area (Å²) in [6, 6.07) is 0.288. The number of amides is 1. The first-order valence-corrected chi connectivity index (χ1v) is 4.17. The zero-order valence-electron chi connectivity index (χ0n) is 7.10. The Bertz CT molecular complexity index is 279. The van der Waals surface area contributed by atoms with Gasteiger partial charge in [-0.1, -0.05) is 0 Å². The summed E-state index contributed by atoms with van der Waals surface area (Å²) in [6.07, 6.45) is 2.94. The van der Waals surface area contributed by atoms with Gasteiger partial charge in [-0.2, -0.15) is 5.10 Å². The molecule has 0 aliphatic carbocycles. The van der Waals surface area contributed by atoms with Gasteiger partial charge in [0.1, 0.15) is 19.2 Å². The Morgan fingerprint density at radius 2 is 2.54 bits per heavy atom. The highest BCUT2D eigenvalue weighted by Crippen LogP contribution is 1.90. The molecular weight excluding hydrogens is 170 g/mol. The molecule has 1 aromatic rings. The fraction of sp³-hybridized carbons (Fsp3) is 0.571. The van der Waals surface area contributed by atoms with Gasteiger partial charge in [0.15, 0.2) is 0 Å². The predicted octanol–water partition coefficient (Wildman–Crippen LogP) is -1.63. The van der Waals surface area contributed by atoms with Gasteiger partial charge in [-0.05, 0) is 0 Å². The van der Waals surface area contributed by atoms with Gasteiger partial charge in [0, 0.05) is 13.1 Å². The van der Waals surface area contributed by atoms with E-state index >= 15 is 0 Å². The Labute approximate surface area is 75.3 Å². The Morgan fingerprint density at radius 3 is 3.08 bits per heavy atom. The van der Waals surface area contributed by atoms with Crippen LogP contribution in [-0.2, 0) is 11.3 Å².